The van der Waals surface area contributed by atoms with Crippen molar-refractivity contribution in [2.75, 3.05) is 24.5 Å². The Bertz CT molecular complexity index is 933. The molecule has 3 aromatic rings. The Hall–Kier alpha value is -3.35. The van der Waals surface area contributed by atoms with E-state index in [9.17, 15) is 9.59 Å². The van der Waals surface area contributed by atoms with Crippen molar-refractivity contribution in [1.29, 1.82) is 0 Å². The van der Waals surface area contributed by atoms with E-state index in [1.165, 1.54) is 0 Å². The second kappa shape index (κ2) is 6.87. The summed E-state index contributed by atoms with van der Waals surface area (Å²) in [4.78, 5) is 33.4. The molecule has 7 heteroatoms. The van der Waals surface area contributed by atoms with E-state index in [1.807, 2.05) is 36.4 Å². The van der Waals surface area contributed by atoms with Gasteiger partial charge >= 0.3 is 5.97 Å². The van der Waals surface area contributed by atoms with Crippen molar-refractivity contribution >= 4 is 28.6 Å². The van der Waals surface area contributed by atoms with Crippen LogP contribution in [0.3, 0.4) is 0 Å². The predicted octanol–water partition coefficient (Wildman–Crippen LogP) is 1.65. The lowest BCUT2D eigenvalue weighted by molar-refractivity contribution is -0.133. The van der Waals surface area contributed by atoms with Crippen molar-refractivity contribution in [1.82, 2.24) is 15.3 Å². The number of ether oxygens (including phenoxy) is 1. The van der Waals surface area contributed by atoms with E-state index in [-0.39, 0.29) is 25.0 Å². The summed E-state index contributed by atoms with van der Waals surface area (Å²) in [6, 6.07) is 15.0. The van der Waals surface area contributed by atoms with Gasteiger partial charge < -0.3 is 19.9 Å². The van der Waals surface area contributed by atoms with Crippen LogP contribution in [0.2, 0.25) is 0 Å². The zero-order valence-electron chi connectivity index (χ0n) is 14.1. The van der Waals surface area contributed by atoms with Crippen molar-refractivity contribution < 1.29 is 14.3 Å². The van der Waals surface area contributed by atoms with E-state index in [4.69, 9.17) is 4.74 Å². The van der Waals surface area contributed by atoms with Gasteiger partial charge in [-0.1, -0.05) is 24.3 Å². The molecule has 0 unspecified atom stereocenters. The normalized spacial score (nSPS) is 13.4. The van der Waals surface area contributed by atoms with Crippen LogP contribution in [-0.2, 0) is 16.0 Å². The minimum atomic E-state index is -0.362. The number of fused-ring (bicyclic) bond motifs is 2. The van der Waals surface area contributed by atoms with Crippen LogP contribution in [0.5, 0.6) is 5.75 Å². The first-order valence-electron chi connectivity index (χ1n) is 8.44. The van der Waals surface area contributed by atoms with E-state index in [0.29, 0.717) is 18.7 Å². The number of esters is 1. The first kappa shape index (κ1) is 16.1. The molecule has 2 aromatic carbocycles. The fourth-order valence-electron chi connectivity index (χ4n) is 3.02. The molecule has 1 aliphatic heterocycles. The first-order valence-corrected chi connectivity index (χ1v) is 8.44. The molecule has 7 nitrogen and oxygen atoms in total. The van der Waals surface area contributed by atoms with Crippen LogP contribution in [0.25, 0.3) is 11.0 Å². The minimum Gasteiger partial charge on any atom is -0.423 e. The number of aromatic amines is 1. The zero-order valence-corrected chi connectivity index (χ0v) is 14.1. The Morgan fingerprint density at radius 2 is 2.00 bits per heavy atom. The van der Waals surface area contributed by atoms with Crippen molar-refractivity contribution in [3.63, 3.8) is 0 Å². The largest absolute Gasteiger partial charge is 0.423 e. The Morgan fingerprint density at radius 1 is 1.19 bits per heavy atom. The molecule has 26 heavy (non-hydrogen) atoms. The number of hydrogen-bond donors (Lipinski definition) is 2. The summed E-state index contributed by atoms with van der Waals surface area (Å²) < 4.78 is 5.19. The number of benzene rings is 2. The van der Waals surface area contributed by atoms with E-state index >= 15 is 0 Å². The topological polar surface area (TPSA) is 87.3 Å². The standard InChI is InChI=1S/C19H18N4O3/c24-18(11-23-12-19(25)26-16-8-4-3-7-15(16)23)20-10-9-17-21-13-5-1-2-6-14(13)22-17/h1-8H,9-12H2,(H,20,24)(H,21,22). The number of rotatable bonds is 5. The molecule has 2 heterocycles. The summed E-state index contributed by atoms with van der Waals surface area (Å²) in [6.07, 6.45) is 0.610. The number of nitrogens with one attached hydrogen (secondary N) is 2. The van der Waals surface area contributed by atoms with Crippen LogP contribution >= 0.6 is 0 Å². The van der Waals surface area contributed by atoms with Gasteiger partial charge in [-0.05, 0) is 24.3 Å². The van der Waals surface area contributed by atoms with Crippen molar-refractivity contribution in [3.8, 4) is 5.75 Å². The van der Waals surface area contributed by atoms with Gasteiger partial charge in [0, 0.05) is 13.0 Å². The van der Waals surface area contributed by atoms with Gasteiger partial charge in [-0.15, -0.1) is 0 Å². The maximum atomic E-state index is 12.3. The van der Waals surface area contributed by atoms with Crippen LogP contribution < -0.4 is 15.0 Å². The van der Waals surface area contributed by atoms with Gasteiger partial charge in [0.05, 0.1) is 23.3 Å². The van der Waals surface area contributed by atoms with Crippen LogP contribution in [0.1, 0.15) is 5.82 Å². The number of aromatic nitrogens is 2. The Kier molecular flexibility index (Phi) is 4.27. The summed E-state index contributed by atoms with van der Waals surface area (Å²) in [6.45, 7) is 0.638. The first-order chi connectivity index (χ1) is 12.7. The van der Waals surface area contributed by atoms with Crippen molar-refractivity contribution in [3.05, 3.63) is 54.4 Å². The molecule has 0 aliphatic carbocycles. The molecule has 132 valence electrons. The zero-order chi connectivity index (χ0) is 17.9. The summed E-state index contributed by atoms with van der Waals surface area (Å²) in [5.41, 5.74) is 2.65. The lowest BCUT2D eigenvalue weighted by atomic mass is 10.2. The maximum Gasteiger partial charge on any atom is 0.331 e. The number of H-pyrrole nitrogens is 1. The van der Waals surface area contributed by atoms with E-state index in [2.05, 4.69) is 15.3 Å². The van der Waals surface area contributed by atoms with Crippen LogP contribution in [0, 0.1) is 0 Å². The molecule has 0 saturated heterocycles. The second-order valence-corrected chi connectivity index (χ2v) is 6.10. The van der Waals surface area contributed by atoms with E-state index < -0.39 is 0 Å². The lowest BCUT2D eigenvalue weighted by Gasteiger charge is -2.29. The van der Waals surface area contributed by atoms with Crippen LogP contribution in [0.4, 0.5) is 5.69 Å². The third-order valence-electron chi connectivity index (χ3n) is 4.21. The molecule has 0 saturated carbocycles. The van der Waals surface area contributed by atoms with E-state index in [1.54, 1.807) is 17.0 Å². The highest BCUT2D eigenvalue weighted by Gasteiger charge is 2.25. The predicted molar refractivity (Wildman–Crippen MR) is 97.1 cm³/mol. The molecule has 0 fully saturated rings. The van der Waals surface area contributed by atoms with Crippen LogP contribution in [-0.4, -0.2) is 41.5 Å². The second-order valence-electron chi connectivity index (χ2n) is 6.10. The van der Waals surface area contributed by atoms with Gasteiger partial charge in [-0.2, -0.15) is 0 Å². The van der Waals surface area contributed by atoms with E-state index in [0.717, 1.165) is 22.5 Å². The van der Waals surface area contributed by atoms with Gasteiger partial charge in [0.25, 0.3) is 0 Å². The fraction of sp³-hybridized carbons (Fsp3) is 0.211. The summed E-state index contributed by atoms with van der Waals surface area (Å²) in [5, 5.41) is 2.88. The quantitative estimate of drug-likeness (QED) is 0.540. The number of para-hydroxylation sites is 4. The number of hydrogen-bond acceptors (Lipinski definition) is 5. The molecule has 1 aromatic heterocycles. The summed E-state index contributed by atoms with van der Waals surface area (Å²) in [7, 11) is 0. The van der Waals surface area contributed by atoms with Gasteiger partial charge in [-0.25, -0.2) is 9.78 Å². The lowest BCUT2D eigenvalue weighted by Crippen LogP contribution is -2.43. The molecular weight excluding hydrogens is 332 g/mol. The molecule has 4 rings (SSSR count). The average molecular weight is 350 g/mol. The Balaban J connectivity index is 1.33. The van der Waals surface area contributed by atoms with Crippen molar-refractivity contribution in [2.45, 2.75) is 6.42 Å². The molecule has 0 atom stereocenters. The maximum absolute atomic E-state index is 12.3. The van der Waals surface area contributed by atoms with Gasteiger partial charge in [0.1, 0.15) is 12.4 Å². The van der Waals surface area contributed by atoms with Gasteiger partial charge in [0.15, 0.2) is 5.75 Å². The number of imidazole rings is 1. The highest BCUT2D eigenvalue weighted by atomic mass is 16.5. The molecule has 0 bridgehead atoms. The third-order valence-corrected chi connectivity index (χ3v) is 4.21. The molecule has 1 aliphatic rings. The molecule has 0 radical (unpaired) electrons. The number of carbonyl (C=O) groups excluding carboxylic acids is 2. The molecule has 1 amide bonds. The van der Waals surface area contributed by atoms with Crippen LogP contribution in [0.15, 0.2) is 48.5 Å². The highest BCUT2D eigenvalue weighted by Crippen LogP contribution is 2.30. The highest BCUT2D eigenvalue weighted by molar-refractivity contribution is 5.89. The number of carbonyl (C=O) groups is 2. The fourth-order valence-corrected chi connectivity index (χ4v) is 3.02. The smallest absolute Gasteiger partial charge is 0.331 e. The van der Waals surface area contributed by atoms with Gasteiger partial charge in [0.2, 0.25) is 5.91 Å². The van der Waals surface area contributed by atoms with Gasteiger partial charge in [-0.3, -0.25) is 4.79 Å². The SMILES string of the molecule is O=C(CN1CC(=O)Oc2ccccc21)NCCc1nc2ccccc2[nH]1. The van der Waals surface area contributed by atoms with Crippen molar-refractivity contribution in [2.24, 2.45) is 0 Å². The summed E-state index contributed by atoms with van der Waals surface area (Å²) in [5.74, 6) is 0.807. The number of amides is 1. The number of nitrogens with zero attached hydrogens (tertiary/aromatic N) is 2. The molecular formula is C19H18N4O3. The average Bonchev–Trinajstić information content (AvgIpc) is 3.04. The minimum absolute atomic E-state index is 0.0635. The number of anilines is 1. The summed E-state index contributed by atoms with van der Waals surface area (Å²) >= 11 is 0. The monoisotopic (exact) mass is 350 g/mol. The third kappa shape index (κ3) is 3.37. The molecule has 2 N–H and O–H groups in total. The Labute approximate surface area is 150 Å². The molecule has 0 spiro atoms. The Morgan fingerprint density at radius 3 is 2.88 bits per heavy atom.